The van der Waals surface area contributed by atoms with Gasteiger partial charge in [0.2, 0.25) is 0 Å². The van der Waals surface area contributed by atoms with Crippen LogP contribution in [-0.2, 0) is 6.61 Å². The molecule has 0 aliphatic heterocycles. The van der Waals surface area contributed by atoms with Crippen LogP contribution in [0.4, 0.5) is 0 Å². The molecule has 74 valence electrons. The third kappa shape index (κ3) is 2.70. The van der Waals surface area contributed by atoms with E-state index in [9.17, 15) is 0 Å². The highest BCUT2D eigenvalue weighted by Crippen LogP contribution is 2.27. The van der Waals surface area contributed by atoms with Gasteiger partial charge in [-0.05, 0) is 27.5 Å². The van der Waals surface area contributed by atoms with Crippen molar-refractivity contribution >= 4 is 15.9 Å². The molecule has 1 aromatic heterocycles. The predicted molar refractivity (Wildman–Crippen MR) is 50.5 cm³/mol. The average Bonchev–Trinajstić information content (AvgIpc) is 2.48. The first kappa shape index (κ1) is 10.5. The third-order valence-electron chi connectivity index (χ3n) is 1.55. The number of halogens is 1. The lowest BCUT2D eigenvalue weighted by molar-refractivity contribution is 0.221. The molecule has 0 unspecified atom stereocenters. The van der Waals surface area contributed by atoms with Crippen LogP contribution < -0.4 is 4.74 Å². The summed E-state index contributed by atoms with van der Waals surface area (Å²) in [4.78, 5) is 0. The van der Waals surface area contributed by atoms with Crippen molar-refractivity contribution in [3.05, 3.63) is 10.2 Å². The van der Waals surface area contributed by atoms with Gasteiger partial charge >= 0.3 is 0 Å². The molecule has 1 rings (SSSR count). The minimum absolute atomic E-state index is 0.176. The van der Waals surface area contributed by atoms with Gasteiger partial charge in [-0.3, -0.25) is 0 Å². The number of aliphatic hydroxyl groups excluding tert-OH is 1. The molecule has 0 aliphatic carbocycles. The summed E-state index contributed by atoms with van der Waals surface area (Å²) in [6.45, 7) is 2.53. The fourth-order valence-electron chi connectivity index (χ4n) is 0.797. The van der Waals surface area contributed by atoms with Crippen LogP contribution in [0.2, 0.25) is 0 Å². The fraction of sp³-hybridized carbons (Fsp3) is 0.625. The van der Waals surface area contributed by atoms with Crippen LogP contribution in [-0.4, -0.2) is 16.9 Å². The second-order valence-corrected chi connectivity index (χ2v) is 3.38. The fourth-order valence-corrected chi connectivity index (χ4v) is 1.18. The highest BCUT2D eigenvalue weighted by Gasteiger charge is 2.13. The molecule has 1 N–H and O–H groups in total. The summed E-state index contributed by atoms with van der Waals surface area (Å²) in [5, 5.41) is 12.4. The van der Waals surface area contributed by atoms with Gasteiger partial charge in [0.1, 0.15) is 11.1 Å². The summed E-state index contributed by atoms with van der Waals surface area (Å²) in [5.41, 5.74) is 0. The molecule has 4 nitrogen and oxygen atoms in total. The molecule has 0 bridgehead atoms. The number of aliphatic hydroxyl groups is 1. The van der Waals surface area contributed by atoms with Crippen molar-refractivity contribution < 1.29 is 14.4 Å². The van der Waals surface area contributed by atoms with Gasteiger partial charge in [0, 0.05) is 0 Å². The summed E-state index contributed by atoms with van der Waals surface area (Å²) in [5.74, 6) is 0.809. The molecular formula is C8H12BrNO3. The van der Waals surface area contributed by atoms with Crippen LogP contribution in [0.3, 0.4) is 0 Å². The van der Waals surface area contributed by atoms with Crippen LogP contribution in [0.15, 0.2) is 9.00 Å². The smallest absolute Gasteiger partial charge is 0.268 e. The molecule has 0 aliphatic rings. The zero-order valence-electron chi connectivity index (χ0n) is 7.42. The molecule has 0 aromatic carbocycles. The van der Waals surface area contributed by atoms with Gasteiger partial charge < -0.3 is 14.4 Å². The molecule has 1 aromatic rings. The molecule has 0 radical (unpaired) electrons. The zero-order chi connectivity index (χ0) is 9.68. The monoisotopic (exact) mass is 249 g/mol. The number of rotatable bonds is 5. The minimum atomic E-state index is -0.176. The second kappa shape index (κ2) is 5.24. The van der Waals surface area contributed by atoms with E-state index in [0.29, 0.717) is 22.7 Å². The van der Waals surface area contributed by atoms with Crippen molar-refractivity contribution in [2.24, 2.45) is 0 Å². The number of hydrogen-bond donors (Lipinski definition) is 1. The Morgan fingerprint density at radius 2 is 2.38 bits per heavy atom. The maximum atomic E-state index is 8.78. The normalized spacial score (nSPS) is 10.4. The van der Waals surface area contributed by atoms with E-state index >= 15 is 0 Å². The van der Waals surface area contributed by atoms with Gasteiger partial charge in [-0.2, -0.15) is 0 Å². The number of hydrogen-bond acceptors (Lipinski definition) is 4. The third-order valence-corrected chi connectivity index (χ3v) is 2.33. The Labute approximate surface area is 85.0 Å². The lowest BCUT2D eigenvalue weighted by atomic mass is 10.4. The van der Waals surface area contributed by atoms with Crippen LogP contribution in [0.25, 0.3) is 0 Å². The number of aromatic nitrogens is 1. The standard InChI is InChI=1S/C8H12BrNO3/c1-2-3-4-12-8-7(9)6(5-11)13-10-8/h11H,2-5H2,1H3. The van der Waals surface area contributed by atoms with Crippen molar-refractivity contribution in [2.75, 3.05) is 6.61 Å². The predicted octanol–water partition coefficient (Wildman–Crippen LogP) is 2.11. The maximum absolute atomic E-state index is 8.78. The number of ether oxygens (including phenoxy) is 1. The molecule has 0 spiro atoms. The molecule has 1 heterocycles. The van der Waals surface area contributed by atoms with Crippen molar-refractivity contribution in [3.63, 3.8) is 0 Å². The van der Waals surface area contributed by atoms with Crippen molar-refractivity contribution in [3.8, 4) is 5.88 Å². The van der Waals surface area contributed by atoms with Crippen molar-refractivity contribution in [2.45, 2.75) is 26.4 Å². The molecule has 0 atom stereocenters. The summed E-state index contributed by atoms with van der Waals surface area (Å²) in [7, 11) is 0. The van der Waals surface area contributed by atoms with Crippen LogP contribution >= 0.6 is 15.9 Å². The number of unbranched alkanes of at least 4 members (excludes halogenated alkanes) is 1. The van der Waals surface area contributed by atoms with E-state index in [1.165, 1.54) is 0 Å². The lowest BCUT2D eigenvalue weighted by Gasteiger charge is -1.99. The Kier molecular flexibility index (Phi) is 4.24. The first-order valence-electron chi connectivity index (χ1n) is 4.17. The lowest BCUT2D eigenvalue weighted by Crippen LogP contribution is -1.96. The first-order chi connectivity index (χ1) is 6.29. The Balaban J connectivity index is 2.51. The Morgan fingerprint density at radius 3 is 2.92 bits per heavy atom. The quantitative estimate of drug-likeness (QED) is 0.813. The Morgan fingerprint density at radius 1 is 1.62 bits per heavy atom. The molecule has 0 amide bonds. The second-order valence-electron chi connectivity index (χ2n) is 2.59. The summed E-state index contributed by atoms with van der Waals surface area (Å²) < 4.78 is 10.7. The van der Waals surface area contributed by atoms with Gasteiger partial charge in [-0.15, -0.1) is 0 Å². The van der Waals surface area contributed by atoms with Crippen LogP contribution in [0.5, 0.6) is 5.88 Å². The van der Waals surface area contributed by atoms with Crippen LogP contribution in [0, 0.1) is 0 Å². The summed E-state index contributed by atoms with van der Waals surface area (Å²) in [6, 6.07) is 0. The van der Waals surface area contributed by atoms with E-state index in [1.807, 2.05) is 0 Å². The van der Waals surface area contributed by atoms with Crippen molar-refractivity contribution in [1.29, 1.82) is 0 Å². The number of nitrogens with zero attached hydrogens (tertiary/aromatic N) is 1. The van der Waals surface area contributed by atoms with Gasteiger partial charge in [0.15, 0.2) is 5.76 Å². The van der Waals surface area contributed by atoms with Crippen molar-refractivity contribution in [1.82, 2.24) is 5.16 Å². The van der Waals surface area contributed by atoms with E-state index in [0.717, 1.165) is 12.8 Å². The highest BCUT2D eigenvalue weighted by atomic mass is 79.9. The van der Waals surface area contributed by atoms with Gasteiger partial charge in [-0.25, -0.2) is 0 Å². The molecule has 13 heavy (non-hydrogen) atoms. The van der Waals surface area contributed by atoms with Gasteiger partial charge in [0.25, 0.3) is 5.88 Å². The van der Waals surface area contributed by atoms with Gasteiger partial charge in [-0.1, -0.05) is 13.3 Å². The molecular weight excluding hydrogens is 238 g/mol. The average molecular weight is 250 g/mol. The van der Waals surface area contributed by atoms with E-state index in [4.69, 9.17) is 14.4 Å². The molecule has 0 saturated heterocycles. The van der Waals surface area contributed by atoms with E-state index < -0.39 is 0 Å². The van der Waals surface area contributed by atoms with E-state index in [1.54, 1.807) is 0 Å². The molecule has 5 heteroatoms. The maximum Gasteiger partial charge on any atom is 0.268 e. The Hall–Kier alpha value is -0.550. The molecule has 0 fully saturated rings. The van der Waals surface area contributed by atoms with Gasteiger partial charge in [0.05, 0.1) is 6.61 Å². The largest absolute Gasteiger partial charge is 0.475 e. The topological polar surface area (TPSA) is 55.5 Å². The van der Waals surface area contributed by atoms with E-state index in [2.05, 4.69) is 28.0 Å². The first-order valence-corrected chi connectivity index (χ1v) is 4.96. The highest BCUT2D eigenvalue weighted by molar-refractivity contribution is 9.10. The van der Waals surface area contributed by atoms with Crippen LogP contribution in [0.1, 0.15) is 25.5 Å². The van der Waals surface area contributed by atoms with E-state index in [-0.39, 0.29) is 6.61 Å². The Bertz CT molecular complexity index is 262. The summed E-state index contributed by atoms with van der Waals surface area (Å²) in [6.07, 6.45) is 2.05. The SMILES string of the molecule is CCCCOc1noc(CO)c1Br. The zero-order valence-corrected chi connectivity index (χ0v) is 9.00. The summed E-state index contributed by atoms with van der Waals surface area (Å²) >= 11 is 3.22. The minimum Gasteiger partial charge on any atom is -0.475 e. The molecule has 0 saturated carbocycles.